The van der Waals surface area contributed by atoms with E-state index in [2.05, 4.69) is 20.2 Å². The molecule has 0 saturated carbocycles. The Kier molecular flexibility index (Phi) is 3.88. The number of aromatic amines is 1. The Labute approximate surface area is 151 Å². The Morgan fingerprint density at radius 3 is 2.54 bits per heavy atom. The van der Waals surface area contributed by atoms with Gasteiger partial charge in [-0.15, -0.1) is 0 Å². The van der Waals surface area contributed by atoms with Gasteiger partial charge >= 0.3 is 0 Å². The molecule has 0 aliphatic rings. The van der Waals surface area contributed by atoms with Crippen molar-refractivity contribution >= 4 is 11.0 Å². The van der Waals surface area contributed by atoms with E-state index in [-0.39, 0.29) is 0 Å². The van der Waals surface area contributed by atoms with Crippen molar-refractivity contribution in [2.75, 3.05) is 7.11 Å². The Hall–Kier alpha value is -3.28. The van der Waals surface area contributed by atoms with Crippen LogP contribution in [0.1, 0.15) is 17.0 Å². The van der Waals surface area contributed by atoms with Crippen LogP contribution >= 0.6 is 0 Å². The van der Waals surface area contributed by atoms with Crippen molar-refractivity contribution in [2.45, 2.75) is 20.8 Å². The number of fused-ring (bicyclic) bond motifs is 1. The lowest BCUT2D eigenvalue weighted by molar-refractivity contribution is 0.412. The van der Waals surface area contributed by atoms with Gasteiger partial charge in [0.2, 0.25) is 0 Å². The number of rotatable bonds is 3. The Morgan fingerprint density at radius 2 is 1.81 bits per heavy atom. The van der Waals surface area contributed by atoms with E-state index >= 15 is 0 Å². The van der Waals surface area contributed by atoms with E-state index < -0.39 is 0 Å². The summed E-state index contributed by atoms with van der Waals surface area (Å²) in [5.41, 5.74) is 7.13. The minimum Gasteiger partial charge on any atom is -0.496 e. The van der Waals surface area contributed by atoms with Crippen LogP contribution in [0.25, 0.3) is 33.5 Å². The van der Waals surface area contributed by atoms with Gasteiger partial charge in [-0.05, 0) is 38.5 Å². The third kappa shape index (κ3) is 2.69. The monoisotopic (exact) mass is 345 g/mol. The van der Waals surface area contributed by atoms with Gasteiger partial charge in [0.15, 0.2) is 5.65 Å². The number of nitrogens with one attached hydrogen (secondary N) is 1. The molecule has 0 atom stereocenters. The molecule has 0 fully saturated rings. The van der Waals surface area contributed by atoms with Crippen molar-refractivity contribution in [3.63, 3.8) is 0 Å². The van der Waals surface area contributed by atoms with E-state index in [0.717, 1.165) is 50.6 Å². The van der Waals surface area contributed by atoms with Crippen LogP contribution in [0.3, 0.4) is 0 Å². The molecule has 0 aliphatic heterocycles. The van der Waals surface area contributed by atoms with Crippen LogP contribution < -0.4 is 4.74 Å². The molecule has 1 N–H and O–H groups in total. The lowest BCUT2D eigenvalue weighted by Crippen LogP contribution is -1.94. The average Bonchev–Trinajstić information content (AvgIpc) is 3.03. The standard InChI is InChI=1S/C20H19N5O/c1-11-5-6-14(7-18(11)26-4)16-8-15(17-10-21-12(2)9-22-17)19-13(3)24-25-20(19)23-16/h5-10H,1-4H3,(H,23,24,25). The van der Waals surface area contributed by atoms with Crippen molar-refractivity contribution < 1.29 is 4.74 Å². The fraction of sp³-hybridized carbons (Fsp3) is 0.200. The molecular weight excluding hydrogens is 326 g/mol. The second-order valence-corrected chi connectivity index (χ2v) is 6.33. The molecule has 130 valence electrons. The van der Waals surface area contributed by atoms with Crippen LogP contribution in [0.4, 0.5) is 0 Å². The van der Waals surface area contributed by atoms with Gasteiger partial charge in [-0.1, -0.05) is 12.1 Å². The number of ether oxygens (including phenoxy) is 1. The molecular formula is C20H19N5O. The molecule has 0 aliphatic carbocycles. The number of pyridine rings is 1. The van der Waals surface area contributed by atoms with E-state index in [9.17, 15) is 0 Å². The summed E-state index contributed by atoms with van der Waals surface area (Å²) < 4.78 is 5.45. The third-order valence-electron chi connectivity index (χ3n) is 4.47. The van der Waals surface area contributed by atoms with Crippen molar-refractivity contribution in [2.24, 2.45) is 0 Å². The molecule has 6 heteroatoms. The molecule has 26 heavy (non-hydrogen) atoms. The highest BCUT2D eigenvalue weighted by Crippen LogP contribution is 2.33. The summed E-state index contributed by atoms with van der Waals surface area (Å²) in [6, 6.07) is 8.10. The lowest BCUT2D eigenvalue weighted by Gasteiger charge is -2.10. The number of aryl methyl sites for hydroxylation is 3. The average molecular weight is 345 g/mol. The predicted molar refractivity (Wildman–Crippen MR) is 101 cm³/mol. The van der Waals surface area contributed by atoms with Crippen LogP contribution in [0, 0.1) is 20.8 Å². The first kappa shape index (κ1) is 16.2. The van der Waals surface area contributed by atoms with E-state index in [0.29, 0.717) is 5.65 Å². The number of aromatic nitrogens is 5. The summed E-state index contributed by atoms with van der Waals surface area (Å²) in [6.07, 6.45) is 3.56. The van der Waals surface area contributed by atoms with Gasteiger partial charge in [-0.2, -0.15) is 5.10 Å². The SMILES string of the molecule is COc1cc(-c2cc(-c3cnc(C)cn3)c3c(C)[nH]nc3n2)ccc1C. The van der Waals surface area contributed by atoms with Gasteiger partial charge in [0.05, 0.1) is 35.8 Å². The van der Waals surface area contributed by atoms with Crippen LogP contribution in [-0.2, 0) is 0 Å². The highest BCUT2D eigenvalue weighted by atomic mass is 16.5. The van der Waals surface area contributed by atoms with Gasteiger partial charge in [-0.3, -0.25) is 15.1 Å². The number of hydrogen-bond acceptors (Lipinski definition) is 5. The Bertz CT molecular complexity index is 1100. The minimum absolute atomic E-state index is 0.664. The highest BCUT2D eigenvalue weighted by molar-refractivity contribution is 5.95. The van der Waals surface area contributed by atoms with Crippen LogP contribution in [-0.4, -0.2) is 32.3 Å². The minimum atomic E-state index is 0.664. The predicted octanol–water partition coefficient (Wildman–Crippen LogP) is 4.02. The first-order valence-electron chi connectivity index (χ1n) is 8.36. The summed E-state index contributed by atoms with van der Waals surface area (Å²) >= 11 is 0. The van der Waals surface area contributed by atoms with Crippen LogP contribution in [0.2, 0.25) is 0 Å². The van der Waals surface area contributed by atoms with E-state index in [1.807, 2.05) is 45.0 Å². The molecule has 1 aromatic carbocycles. The van der Waals surface area contributed by atoms with Crippen molar-refractivity contribution in [1.82, 2.24) is 25.1 Å². The number of H-pyrrole nitrogens is 1. The topological polar surface area (TPSA) is 76.6 Å². The maximum Gasteiger partial charge on any atom is 0.182 e. The van der Waals surface area contributed by atoms with E-state index in [4.69, 9.17) is 9.72 Å². The maximum absolute atomic E-state index is 5.45. The smallest absolute Gasteiger partial charge is 0.182 e. The summed E-state index contributed by atoms with van der Waals surface area (Å²) in [4.78, 5) is 13.7. The fourth-order valence-electron chi connectivity index (χ4n) is 3.04. The molecule has 0 bridgehead atoms. The van der Waals surface area contributed by atoms with Crippen molar-refractivity contribution in [1.29, 1.82) is 0 Å². The summed E-state index contributed by atoms with van der Waals surface area (Å²) in [6.45, 7) is 5.92. The molecule has 0 spiro atoms. The maximum atomic E-state index is 5.45. The Balaban J connectivity index is 1.96. The highest BCUT2D eigenvalue weighted by Gasteiger charge is 2.15. The molecule has 0 amide bonds. The van der Waals surface area contributed by atoms with Crippen LogP contribution in [0.15, 0.2) is 36.7 Å². The van der Waals surface area contributed by atoms with Gasteiger partial charge < -0.3 is 4.74 Å². The largest absolute Gasteiger partial charge is 0.496 e. The Morgan fingerprint density at radius 1 is 0.962 bits per heavy atom. The van der Waals surface area contributed by atoms with Crippen LogP contribution in [0.5, 0.6) is 5.75 Å². The van der Waals surface area contributed by atoms with Gasteiger partial charge in [0.25, 0.3) is 0 Å². The molecule has 0 unspecified atom stereocenters. The molecule has 0 saturated heterocycles. The molecule has 3 aromatic heterocycles. The number of methoxy groups -OCH3 is 1. The normalized spacial score (nSPS) is 11.1. The van der Waals surface area contributed by atoms with E-state index in [1.165, 1.54) is 0 Å². The molecule has 0 radical (unpaired) electrons. The second-order valence-electron chi connectivity index (χ2n) is 6.33. The number of benzene rings is 1. The lowest BCUT2D eigenvalue weighted by atomic mass is 10.0. The van der Waals surface area contributed by atoms with Gasteiger partial charge in [0.1, 0.15) is 5.75 Å². The zero-order chi connectivity index (χ0) is 18.3. The second kappa shape index (κ2) is 6.22. The zero-order valence-corrected chi connectivity index (χ0v) is 15.2. The van der Waals surface area contributed by atoms with Crippen molar-refractivity contribution in [3.8, 4) is 28.3 Å². The van der Waals surface area contributed by atoms with E-state index in [1.54, 1.807) is 19.5 Å². The molecule has 6 nitrogen and oxygen atoms in total. The molecule has 4 rings (SSSR count). The zero-order valence-electron chi connectivity index (χ0n) is 15.2. The van der Waals surface area contributed by atoms with Crippen molar-refractivity contribution in [3.05, 3.63) is 53.6 Å². The van der Waals surface area contributed by atoms with Gasteiger partial charge in [0, 0.05) is 23.0 Å². The fourth-order valence-corrected chi connectivity index (χ4v) is 3.04. The number of nitrogens with zero attached hydrogens (tertiary/aromatic N) is 4. The summed E-state index contributed by atoms with van der Waals surface area (Å²) in [5.74, 6) is 0.833. The summed E-state index contributed by atoms with van der Waals surface area (Å²) in [7, 11) is 1.67. The molecule has 4 aromatic rings. The van der Waals surface area contributed by atoms with Gasteiger partial charge in [-0.25, -0.2) is 4.98 Å². The first-order chi connectivity index (χ1) is 12.6. The quantitative estimate of drug-likeness (QED) is 0.607. The molecule has 3 heterocycles. The summed E-state index contributed by atoms with van der Waals surface area (Å²) in [5, 5.41) is 8.34. The third-order valence-corrected chi connectivity index (χ3v) is 4.47. The first-order valence-corrected chi connectivity index (χ1v) is 8.36. The number of hydrogen-bond donors (Lipinski definition) is 1.